The van der Waals surface area contributed by atoms with E-state index in [2.05, 4.69) is 51.4 Å². The fourth-order valence-electron chi connectivity index (χ4n) is 3.66. The number of para-hydroxylation sites is 1. The van der Waals surface area contributed by atoms with E-state index in [1.54, 1.807) is 17.5 Å². The molecule has 30 heavy (non-hydrogen) atoms. The van der Waals surface area contributed by atoms with Crippen LogP contribution >= 0.6 is 11.3 Å². The topological polar surface area (TPSA) is 83.1 Å². The highest BCUT2D eigenvalue weighted by Gasteiger charge is 2.17. The molecule has 5 heterocycles. The van der Waals surface area contributed by atoms with Crippen LogP contribution in [0.5, 0.6) is 0 Å². The highest BCUT2D eigenvalue weighted by Crippen LogP contribution is 2.34. The predicted octanol–water partition coefficient (Wildman–Crippen LogP) is 5.60. The first-order chi connectivity index (χ1) is 14.8. The Morgan fingerprint density at radius 2 is 1.83 bits per heavy atom. The van der Waals surface area contributed by atoms with Crippen LogP contribution in [-0.2, 0) is 0 Å². The Balaban J connectivity index is 1.52. The Kier molecular flexibility index (Phi) is 3.75. The zero-order valence-electron chi connectivity index (χ0n) is 16.0. The molecule has 0 bridgehead atoms. The zero-order valence-corrected chi connectivity index (χ0v) is 16.9. The number of nitrogens with zero attached hydrogens (tertiary/aromatic N) is 4. The second-order valence-corrected chi connectivity index (χ2v) is 8.39. The zero-order chi connectivity index (χ0) is 20.1. The van der Waals surface area contributed by atoms with Gasteiger partial charge in [0.1, 0.15) is 5.52 Å². The van der Waals surface area contributed by atoms with E-state index in [4.69, 9.17) is 9.97 Å². The lowest BCUT2D eigenvalue weighted by atomic mass is 10.1. The quantitative estimate of drug-likeness (QED) is 0.399. The van der Waals surface area contributed by atoms with Crippen LogP contribution < -0.4 is 0 Å². The Labute approximate surface area is 175 Å². The summed E-state index contributed by atoms with van der Waals surface area (Å²) < 4.78 is 0. The van der Waals surface area contributed by atoms with Crippen molar-refractivity contribution in [2.45, 2.75) is 6.92 Å². The van der Waals surface area contributed by atoms with Gasteiger partial charge in [0.05, 0.1) is 22.2 Å². The first-order valence-corrected chi connectivity index (χ1v) is 10.4. The number of hydrogen-bond acceptors (Lipinski definition) is 5. The Hall–Kier alpha value is -3.84. The van der Waals surface area contributed by atoms with E-state index in [0.29, 0.717) is 11.5 Å². The summed E-state index contributed by atoms with van der Waals surface area (Å²) in [5, 5.41) is 7.58. The molecular formula is C23H16N6S. The number of aryl methyl sites for hydroxylation is 1. The molecule has 0 radical (unpaired) electrons. The maximum absolute atomic E-state index is 4.91. The number of aromatic nitrogens is 6. The number of imidazole rings is 1. The highest BCUT2D eigenvalue weighted by molar-refractivity contribution is 7.15. The molecule has 0 amide bonds. The monoisotopic (exact) mass is 408 g/mol. The molecule has 0 saturated heterocycles. The molecule has 6 aromatic rings. The van der Waals surface area contributed by atoms with Crippen LogP contribution in [-0.4, -0.2) is 30.1 Å². The molecule has 144 valence electrons. The number of fused-ring (bicyclic) bond motifs is 2. The predicted molar refractivity (Wildman–Crippen MR) is 120 cm³/mol. The van der Waals surface area contributed by atoms with E-state index in [-0.39, 0.29) is 0 Å². The van der Waals surface area contributed by atoms with Crippen molar-refractivity contribution in [3.05, 3.63) is 71.9 Å². The van der Waals surface area contributed by atoms with Gasteiger partial charge in [-0.1, -0.05) is 12.1 Å². The number of aromatic amines is 2. The number of nitrogens with one attached hydrogen (secondary N) is 2. The van der Waals surface area contributed by atoms with Crippen molar-refractivity contribution in [1.29, 1.82) is 0 Å². The van der Waals surface area contributed by atoms with Gasteiger partial charge in [-0.05, 0) is 49.4 Å². The summed E-state index contributed by atoms with van der Waals surface area (Å²) in [5.74, 6) is 0.702. The van der Waals surface area contributed by atoms with Crippen molar-refractivity contribution >= 4 is 33.4 Å². The lowest BCUT2D eigenvalue weighted by Crippen LogP contribution is -1.87. The number of pyridine rings is 2. The highest BCUT2D eigenvalue weighted by atomic mass is 32.1. The van der Waals surface area contributed by atoms with Gasteiger partial charge in [-0.3, -0.25) is 10.1 Å². The van der Waals surface area contributed by atoms with Gasteiger partial charge >= 0.3 is 0 Å². The molecule has 0 spiro atoms. The summed E-state index contributed by atoms with van der Waals surface area (Å²) in [7, 11) is 0. The molecule has 0 fully saturated rings. The third-order valence-corrected chi connectivity index (χ3v) is 6.14. The molecule has 6 rings (SSSR count). The molecule has 0 unspecified atom stereocenters. The van der Waals surface area contributed by atoms with Gasteiger partial charge in [0.25, 0.3) is 0 Å². The van der Waals surface area contributed by atoms with Gasteiger partial charge in [0, 0.05) is 33.3 Å². The number of rotatable bonds is 3. The van der Waals surface area contributed by atoms with Gasteiger partial charge in [-0.15, -0.1) is 11.3 Å². The summed E-state index contributed by atoms with van der Waals surface area (Å²) in [6.45, 7) is 2.12. The minimum atomic E-state index is 0.702. The van der Waals surface area contributed by atoms with E-state index in [0.717, 1.165) is 38.9 Å². The van der Waals surface area contributed by atoms with Crippen LogP contribution in [0, 0.1) is 6.92 Å². The van der Waals surface area contributed by atoms with Crippen molar-refractivity contribution < 1.29 is 0 Å². The second-order valence-electron chi connectivity index (χ2n) is 7.10. The van der Waals surface area contributed by atoms with Gasteiger partial charge in [-0.2, -0.15) is 5.10 Å². The van der Waals surface area contributed by atoms with E-state index in [9.17, 15) is 0 Å². The maximum Gasteiger partial charge on any atom is 0.161 e. The second kappa shape index (κ2) is 6.60. The lowest BCUT2D eigenvalue weighted by molar-refractivity contribution is 1.10. The average Bonchev–Trinajstić information content (AvgIpc) is 3.51. The summed E-state index contributed by atoms with van der Waals surface area (Å²) in [6.07, 6.45) is 3.57. The normalized spacial score (nSPS) is 11.5. The minimum absolute atomic E-state index is 0.702. The van der Waals surface area contributed by atoms with E-state index in [1.165, 1.54) is 9.75 Å². The van der Waals surface area contributed by atoms with Crippen LogP contribution in [0.15, 0.2) is 67.0 Å². The Bertz CT molecular complexity index is 1510. The van der Waals surface area contributed by atoms with Crippen molar-refractivity contribution in [3.8, 4) is 33.2 Å². The molecule has 0 aliphatic rings. The molecule has 0 aliphatic heterocycles. The smallest absolute Gasteiger partial charge is 0.161 e. The van der Waals surface area contributed by atoms with Gasteiger partial charge in [0.15, 0.2) is 11.5 Å². The van der Waals surface area contributed by atoms with Crippen molar-refractivity contribution in [2.24, 2.45) is 0 Å². The summed E-state index contributed by atoms with van der Waals surface area (Å²) in [6, 6.07) is 18.4. The third kappa shape index (κ3) is 2.71. The molecule has 7 heteroatoms. The number of thiophene rings is 1. The first-order valence-electron chi connectivity index (χ1n) is 9.58. The first kappa shape index (κ1) is 17.1. The lowest BCUT2D eigenvalue weighted by Gasteiger charge is -2.00. The number of benzene rings is 1. The Morgan fingerprint density at radius 1 is 0.867 bits per heavy atom. The van der Waals surface area contributed by atoms with Crippen LogP contribution in [0.2, 0.25) is 0 Å². The fraction of sp³-hybridized carbons (Fsp3) is 0.0435. The van der Waals surface area contributed by atoms with Gasteiger partial charge in [-0.25, -0.2) is 9.97 Å². The summed E-state index contributed by atoms with van der Waals surface area (Å²) in [5.41, 5.74) is 7.21. The van der Waals surface area contributed by atoms with Crippen LogP contribution in [0.4, 0.5) is 0 Å². The Morgan fingerprint density at radius 3 is 2.67 bits per heavy atom. The van der Waals surface area contributed by atoms with Crippen molar-refractivity contribution in [3.63, 3.8) is 0 Å². The van der Waals surface area contributed by atoms with Crippen molar-refractivity contribution in [1.82, 2.24) is 30.1 Å². The number of H-pyrrole nitrogens is 2. The molecular weight excluding hydrogens is 392 g/mol. The molecule has 5 aromatic heterocycles. The van der Waals surface area contributed by atoms with E-state index < -0.39 is 0 Å². The SMILES string of the molecule is Cc1ccc(-c2cccc3[nH]c(-c4n[nH]c5ccc(-c6cccnc6)nc45)nc23)s1. The maximum atomic E-state index is 4.91. The molecule has 6 nitrogen and oxygen atoms in total. The van der Waals surface area contributed by atoms with E-state index in [1.807, 2.05) is 36.5 Å². The van der Waals surface area contributed by atoms with Gasteiger partial charge < -0.3 is 4.98 Å². The summed E-state index contributed by atoms with van der Waals surface area (Å²) in [4.78, 5) is 19.9. The molecule has 0 atom stereocenters. The molecule has 1 aromatic carbocycles. The van der Waals surface area contributed by atoms with Crippen LogP contribution in [0.25, 0.3) is 55.3 Å². The van der Waals surface area contributed by atoms with Crippen LogP contribution in [0.3, 0.4) is 0 Å². The fourth-order valence-corrected chi connectivity index (χ4v) is 4.56. The standard InChI is InChI=1S/C23H16N6S/c1-13-7-10-19(30-13)15-5-2-6-17-20(15)27-23(26-17)22-21-18(28-29-22)9-8-16(25-21)14-4-3-11-24-12-14/h2-12H,1H3,(H,26,27)(H,28,29). The number of hydrogen-bond donors (Lipinski definition) is 2. The molecule has 0 saturated carbocycles. The third-order valence-electron chi connectivity index (χ3n) is 5.11. The minimum Gasteiger partial charge on any atom is -0.336 e. The van der Waals surface area contributed by atoms with Crippen molar-refractivity contribution in [2.75, 3.05) is 0 Å². The molecule has 2 N–H and O–H groups in total. The van der Waals surface area contributed by atoms with Crippen LogP contribution in [0.1, 0.15) is 4.88 Å². The molecule has 0 aliphatic carbocycles. The average molecular weight is 408 g/mol. The summed E-state index contributed by atoms with van der Waals surface area (Å²) >= 11 is 1.77. The van der Waals surface area contributed by atoms with Gasteiger partial charge in [0.2, 0.25) is 0 Å². The van der Waals surface area contributed by atoms with E-state index >= 15 is 0 Å². The largest absolute Gasteiger partial charge is 0.336 e.